The van der Waals surface area contributed by atoms with E-state index >= 15 is 0 Å². The zero-order valence-corrected chi connectivity index (χ0v) is 10.8. The van der Waals surface area contributed by atoms with E-state index in [9.17, 15) is 9.90 Å². The first-order chi connectivity index (χ1) is 8.63. The Morgan fingerprint density at radius 3 is 3.06 bits per heavy atom. The average molecular weight is 249 g/mol. The second kappa shape index (κ2) is 5.35. The minimum absolute atomic E-state index is 0.147. The van der Waals surface area contributed by atoms with Crippen LogP contribution in [-0.4, -0.2) is 42.2 Å². The zero-order chi connectivity index (χ0) is 13.1. The quantitative estimate of drug-likeness (QED) is 0.807. The summed E-state index contributed by atoms with van der Waals surface area (Å²) in [6.45, 7) is 3.39. The molecule has 1 fully saturated rings. The molecule has 18 heavy (non-hydrogen) atoms. The third-order valence-electron chi connectivity index (χ3n) is 3.48. The summed E-state index contributed by atoms with van der Waals surface area (Å²) in [4.78, 5) is 18.0. The Morgan fingerprint density at radius 1 is 1.61 bits per heavy atom. The Morgan fingerprint density at radius 2 is 2.39 bits per heavy atom. The lowest BCUT2D eigenvalue weighted by atomic mass is 9.96. The summed E-state index contributed by atoms with van der Waals surface area (Å²) in [5.74, 6) is 0.808. The van der Waals surface area contributed by atoms with Crippen molar-refractivity contribution < 1.29 is 9.90 Å². The molecular formula is C13H19N3O2. The van der Waals surface area contributed by atoms with E-state index in [4.69, 9.17) is 0 Å². The van der Waals surface area contributed by atoms with Crippen LogP contribution in [0.1, 0.15) is 23.7 Å². The van der Waals surface area contributed by atoms with Gasteiger partial charge in [-0.25, -0.2) is 4.98 Å². The summed E-state index contributed by atoms with van der Waals surface area (Å²) < 4.78 is 0. The number of anilines is 1. The number of aliphatic hydroxyl groups excluding tert-OH is 1. The van der Waals surface area contributed by atoms with Gasteiger partial charge in [0.25, 0.3) is 5.91 Å². The number of nitrogens with one attached hydrogen (secondary N) is 1. The van der Waals surface area contributed by atoms with Crippen LogP contribution in [0, 0.1) is 5.92 Å². The lowest BCUT2D eigenvalue weighted by Gasteiger charge is -2.35. The molecule has 1 saturated heterocycles. The average Bonchev–Trinajstić information content (AvgIpc) is 2.41. The van der Waals surface area contributed by atoms with E-state index in [0.29, 0.717) is 23.8 Å². The molecule has 0 saturated carbocycles. The third kappa shape index (κ3) is 2.46. The molecule has 0 aromatic carbocycles. The van der Waals surface area contributed by atoms with Crippen molar-refractivity contribution in [2.24, 2.45) is 5.92 Å². The SMILES string of the molecule is CNC(=O)c1cccnc1N1CCC(C)C(O)C1. The van der Waals surface area contributed by atoms with Crippen LogP contribution in [0.3, 0.4) is 0 Å². The van der Waals surface area contributed by atoms with Gasteiger partial charge in [-0.15, -0.1) is 0 Å². The van der Waals surface area contributed by atoms with E-state index in [1.807, 2.05) is 11.8 Å². The fourth-order valence-electron chi connectivity index (χ4n) is 2.20. The minimum atomic E-state index is -0.363. The van der Waals surface area contributed by atoms with Crippen LogP contribution < -0.4 is 10.2 Å². The molecule has 2 atom stereocenters. The number of aliphatic hydroxyl groups is 1. The van der Waals surface area contributed by atoms with Crippen LogP contribution in [0.2, 0.25) is 0 Å². The number of amides is 1. The van der Waals surface area contributed by atoms with Gasteiger partial charge in [0, 0.05) is 26.3 Å². The van der Waals surface area contributed by atoms with E-state index < -0.39 is 0 Å². The Kier molecular flexibility index (Phi) is 3.81. The fourth-order valence-corrected chi connectivity index (χ4v) is 2.20. The Hall–Kier alpha value is -1.62. The van der Waals surface area contributed by atoms with Gasteiger partial charge in [0.05, 0.1) is 11.7 Å². The number of piperidine rings is 1. The fraction of sp³-hybridized carbons (Fsp3) is 0.538. The predicted molar refractivity (Wildman–Crippen MR) is 69.6 cm³/mol. The summed E-state index contributed by atoms with van der Waals surface area (Å²) in [6, 6.07) is 3.50. The monoisotopic (exact) mass is 249 g/mol. The number of aromatic nitrogens is 1. The molecule has 2 N–H and O–H groups in total. The predicted octanol–water partition coefficient (Wildman–Crippen LogP) is 0.648. The van der Waals surface area contributed by atoms with Crippen LogP contribution in [0.5, 0.6) is 0 Å². The van der Waals surface area contributed by atoms with Gasteiger partial charge in [0.2, 0.25) is 0 Å². The summed E-state index contributed by atoms with van der Waals surface area (Å²) in [5, 5.41) is 12.5. The molecule has 1 aromatic heterocycles. The molecule has 0 bridgehead atoms. The Labute approximate surface area is 107 Å². The highest BCUT2D eigenvalue weighted by atomic mass is 16.3. The number of carbonyl (C=O) groups excluding carboxylic acids is 1. The van der Waals surface area contributed by atoms with Crippen LogP contribution >= 0.6 is 0 Å². The van der Waals surface area contributed by atoms with Crippen molar-refractivity contribution in [2.75, 3.05) is 25.0 Å². The van der Waals surface area contributed by atoms with Crippen molar-refractivity contribution in [1.82, 2.24) is 10.3 Å². The second-order valence-electron chi connectivity index (χ2n) is 4.73. The minimum Gasteiger partial charge on any atom is -0.391 e. The van der Waals surface area contributed by atoms with Gasteiger partial charge >= 0.3 is 0 Å². The van der Waals surface area contributed by atoms with Crippen molar-refractivity contribution in [1.29, 1.82) is 0 Å². The van der Waals surface area contributed by atoms with Gasteiger partial charge in [-0.3, -0.25) is 4.79 Å². The molecule has 0 aliphatic carbocycles. The Balaban J connectivity index is 2.25. The molecule has 98 valence electrons. The number of nitrogens with zero attached hydrogens (tertiary/aromatic N) is 2. The summed E-state index contributed by atoms with van der Waals surface area (Å²) in [6.07, 6.45) is 2.22. The first-order valence-electron chi connectivity index (χ1n) is 6.23. The first-order valence-corrected chi connectivity index (χ1v) is 6.23. The maximum atomic E-state index is 11.8. The van der Waals surface area contributed by atoms with Crippen LogP contribution in [0.4, 0.5) is 5.82 Å². The van der Waals surface area contributed by atoms with Crippen LogP contribution in [0.15, 0.2) is 18.3 Å². The topological polar surface area (TPSA) is 65.5 Å². The van der Waals surface area contributed by atoms with E-state index in [2.05, 4.69) is 10.3 Å². The smallest absolute Gasteiger partial charge is 0.254 e. The van der Waals surface area contributed by atoms with Gasteiger partial charge in [-0.05, 0) is 24.5 Å². The molecule has 0 radical (unpaired) electrons. The number of pyridine rings is 1. The van der Waals surface area contributed by atoms with Gasteiger partial charge < -0.3 is 15.3 Å². The van der Waals surface area contributed by atoms with Crippen molar-refractivity contribution in [2.45, 2.75) is 19.4 Å². The van der Waals surface area contributed by atoms with Crippen molar-refractivity contribution in [3.8, 4) is 0 Å². The number of carbonyl (C=O) groups is 1. The maximum Gasteiger partial charge on any atom is 0.254 e. The zero-order valence-electron chi connectivity index (χ0n) is 10.8. The third-order valence-corrected chi connectivity index (χ3v) is 3.48. The number of hydrogen-bond acceptors (Lipinski definition) is 4. The van der Waals surface area contributed by atoms with Crippen LogP contribution in [-0.2, 0) is 0 Å². The van der Waals surface area contributed by atoms with Crippen LogP contribution in [0.25, 0.3) is 0 Å². The second-order valence-corrected chi connectivity index (χ2v) is 4.73. The lowest BCUT2D eigenvalue weighted by Crippen LogP contribution is -2.44. The highest BCUT2D eigenvalue weighted by molar-refractivity contribution is 5.98. The van der Waals surface area contributed by atoms with Gasteiger partial charge in [-0.1, -0.05) is 6.92 Å². The largest absolute Gasteiger partial charge is 0.391 e. The Bertz CT molecular complexity index is 436. The standard InChI is InChI=1S/C13H19N3O2/c1-9-5-7-16(8-11(9)17)12-10(13(18)14-2)4-3-6-15-12/h3-4,6,9,11,17H,5,7-8H2,1-2H3,(H,14,18). The molecule has 1 aromatic rings. The van der Waals surface area contributed by atoms with Gasteiger partial charge in [0.15, 0.2) is 0 Å². The van der Waals surface area contributed by atoms with Crippen molar-refractivity contribution in [3.63, 3.8) is 0 Å². The van der Waals surface area contributed by atoms with Crippen molar-refractivity contribution >= 4 is 11.7 Å². The molecule has 2 rings (SSSR count). The molecule has 5 nitrogen and oxygen atoms in total. The molecular weight excluding hydrogens is 230 g/mol. The van der Waals surface area contributed by atoms with Gasteiger partial charge in [0.1, 0.15) is 5.82 Å². The first kappa shape index (κ1) is 12.8. The van der Waals surface area contributed by atoms with Crippen molar-refractivity contribution in [3.05, 3.63) is 23.9 Å². The van der Waals surface area contributed by atoms with Gasteiger partial charge in [-0.2, -0.15) is 0 Å². The molecule has 2 heterocycles. The number of hydrogen-bond donors (Lipinski definition) is 2. The number of rotatable bonds is 2. The normalized spacial score (nSPS) is 23.8. The van der Waals surface area contributed by atoms with E-state index in [1.165, 1.54) is 0 Å². The summed E-state index contributed by atoms with van der Waals surface area (Å²) in [7, 11) is 1.60. The van der Waals surface area contributed by atoms with E-state index in [-0.39, 0.29) is 12.0 Å². The molecule has 2 unspecified atom stereocenters. The molecule has 5 heteroatoms. The molecule has 1 aliphatic heterocycles. The number of β-amino-alcohol motifs (C(OH)–C–C–N with tert-alkyl or cyclic N) is 1. The summed E-state index contributed by atoms with van der Waals surface area (Å²) >= 11 is 0. The molecule has 1 amide bonds. The maximum absolute atomic E-state index is 11.8. The molecule has 1 aliphatic rings. The highest BCUT2D eigenvalue weighted by Crippen LogP contribution is 2.24. The summed E-state index contributed by atoms with van der Waals surface area (Å²) in [5.41, 5.74) is 0.557. The van der Waals surface area contributed by atoms with E-state index in [1.54, 1.807) is 25.4 Å². The molecule has 0 spiro atoms. The van der Waals surface area contributed by atoms with E-state index in [0.717, 1.165) is 13.0 Å². The lowest BCUT2D eigenvalue weighted by molar-refractivity contribution is 0.0955. The highest BCUT2D eigenvalue weighted by Gasteiger charge is 2.27.